The summed E-state index contributed by atoms with van der Waals surface area (Å²) in [5.74, 6) is -0.817. The molecule has 0 aliphatic carbocycles. The number of para-hydroxylation sites is 2. The molecule has 2 amide bonds. The maximum absolute atomic E-state index is 13.7. The lowest BCUT2D eigenvalue weighted by atomic mass is 9.97. The zero-order chi connectivity index (χ0) is 22.7. The SMILES string of the molecule is CCCOc1ccccc1N1C(=O)C(c2ccc(F)cc2)=C(N2CCCC(CO)C2)C1=O. The molecule has 0 saturated carbocycles. The molecule has 2 aliphatic heterocycles. The van der Waals surface area contributed by atoms with Crippen LogP contribution in [0, 0.1) is 11.7 Å². The van der Waals surface area contributed by atoms with Gasteiger partial charge in [0, 0.05) is 19.7 Å². The number of anilines is 1. The summed E-state index contributed by atoms with van der Waals surface area (Å²) in [4.78, 5) is 30.4. The molecule has 0 bridgehead atoms. The lowest BCUT2D eigenvalue weighted by Crippen LogP contribution is -2.40. The number of halogens is 1. The van der Waals surface area contributed by atoms with E-state index in [0.717, 1.165) is 24.2 Å². The van der Waals surface area contributed by atoms with Gasteiger partial charge in [-0.2, -0.15) is 0 Å². The molecule has 1 unspecified atom stereocenters. The highest BCUT2D eigenvalue weighted by Gasteiger charge is 2.44. The molecule has 2 heterocycles. The molecule has 6 nitrogen and oxygen atoms in total. The monoisotopic (exact) mass is 438 g/mol. The Balaban J connectivity index is 1.80. The fourth-order valence-corrected chi connectivity index (χ4v) is 4.30. The van der Waals surface area contributed by atoms with Gasteiger partial charge in [-0.25, -0.2) is 9.29 Å². The van der Waals surface area contributed by atoms with Crippen LogP contribution in [0.25, 0.3) is 5.57 Å². The third kappa shape index (κ3) is 4.12. The van der Waals surface area contributed by atoms with Gasteiger partial charge >= 0.3 is 0 Å². The molecule has 0 aromatic heterocycles. The molecule has 2 aromatic carbocycles. The molecule has 4 rings (SSSR count). The van der Waals surface area contributed by atoms with E-state index in [1.54, 1.807) is 24.3 Å². The molecule has 2 aromatic rings. The number of carbonyl (C=O) groups excluding carboxylic acids is 2. The van der Waals surface area contributed by atoms with Gasteiger partial charge in [0.05, 0.1) is 17.9 Å². The van der Waals surface area contributed by atoms with Crippen LogP contribution < -0.4 is 9.64 Å². The van der Waals surface area contributed by atoms with Gasteiger partial charge in [-0.3, -0.25) is 9.59 Å². The normalized spacial score (nSPS) is 19.2. The number of amides is 2. The molecule has 168 valence electrons. The van der Waals surface area contributed by atoms with Crippen molar-refractivity contribution in [2.24, 2.45) is 5.92 Å². The average molecular weight is 438 g/mol. The van der Waals surface area contributed by atoms with Gasteiger partial charge < -0.3 is 14.7 Å². The van der Waals surface area contributed by atoms with Crippen molar-refractivity contribution in [3.63, 3.8) is 0 Å². The Morgan fingerprint density at radius 1 is 1.09 bits per heavy atom. The van der Waals surface area contributed by atoms with E-state index in [9.17, 15) is 19.1 Å². The maximum Gasteiger partial charge on any atom is 0.282 e. The van der Waals surface area contributed by atoms with E-state index in [1.165, 1.54) is 24.3 Å². The lowest BCUT2D eigenvalue weighted by molar-refractivity contribution is -0.120. The van der Waals surface area contributed by atoms with E-state index in [2.05, 4.69) is 0 Å². The molecule has 2 aliphatic rings. The first-order chi connectivity index (χ1) is 15.5. The van der Waals surface area contributed by atoms with Crippen molar-refractivity contribution >= 4 is 23.1 Å². The van der Waals surface area contributed by atoms with Gasteiger partial charge in [0.2, 0.25) is 0 Å². The summed E-state index contributed by atoms with van der Waals surface area (Å²) in [5.41, 5.74) is 1.42. The first-order valence-corrected chi connectivity index (χ1v) is 11.0. The van der Waals surface area contributed by atoms with Crippen LogP contribution in [0.4, 0.5) is 10.1 Å². The minimum atomic E-state index is -0.463. The second-order valence-electron chi connectivity index (χ2n) is 8.13. The number of rotatable bonds is 7. The zero-order valence-electron chi connectivity index (χ0n) is 18.1. The summed E-state index contributed by atoms with van der Waals surface area (Å²) in [5, 5.41) is 9.67. The van der Waals surface area contributed by atoms with Crippen LogP contribution in [0.15, 0.2) is 54.2 Å². The number of hydrogen-bond donors (Lipinski definition) is 1. The molecular weight excluding hydrogens is 411 g/mol. The first-order valence-electron chi connectivity index (χ1n) is 11.0. The lowest BCUT2D eigenvalue weighted by Gasteiger charge is -2.34. The largest absolute Gasteiger partial charge is 0.491 e. The first kappa shape index (κ1) is 22.0. The Morgan fingerprint density at radius 2 is 1.84 bits per heavy atom. The quantitative estimate of drug-likeness (QED) is 0.669. The number of likely N-dealkylation sites (tertiary alicyclic amines) is 1. The summed E-state index contributed by atoms with van der Waals surface area (Å²) in [6.07, 6.45) is 2.46. The van der Waals surface area contributed by atoms with Gasteiger partial charge in [-0.05, 0) is 55.0 Å². The maximum atomic E-state index is 13.7. The summed E-state index contributed by atoms with van der Waals surface area (Å²) in [6, 6.07) is 12.6. The van der Waals surface area contributed by atoms with E-state index in [-0.39, 0.29) is 18.1 Å². The molecule has 32 heavy (non-hydrogen) atoms. The van der Waals surface area contributed by atoms with Crippen LogP contribution in [-0.4, -0.2) is 48.1 Å². The molecule has 1 saturated heterocycles. The highest BCUT2D eigenvalue weighted by molar-refractivity contribution is 6.45. The zero-order valence-corrected chi connectivity index (χ0v) is 18.1. The Kier molecular flexibility index (Phi) is 6.55. The van der Waals surface area contributed by atoms with E-state index in [4.69, 9.17) is 4.74 Å². The Labute approximate surface area is 186 Å². The van der Waals surface area contributed by atoms with Crippen molar-refractivity contribution < 1.29 is 23.8 Å². The van der Waals surface area contributed by atoms with E-state index in [1.807, 2.05) is 11.8 Å². The van der Waals surface area contributed by atoms with Crippen LogP contribution >= 0.6 is 0 Å². The minimum Gasteiger partial charge on any atom is -0.491 e. The summed E-state index contributed by atoms with van der Waals surface area (Å²) in [7, 11) is 0. The van der Waals surface area contributed by atoms with Gasteiger partial charge in [-0.1, -0.05) is 31.2 Å². The van der Waals surface area contributed by atoms with Crippen LogP contribution in [0.2, 0.25) is 0 Å². The van der Waals surface area contributed by atoms with Crippen LogP contribution in [0.5, 0.6) is 5.75 Å². The summed E-state index contributed by atoms with van der Waals surface area (Å²) >= 11 is 0. The second-order valence-corrected chi connectivity index (χ2v) is 8.13. The fourth-order valence-electron chi connectivity index (χ4n) is 4.30. The third-order valence-corrected chi connectivity index (χ3v) is 5.85. The smallest absolute Gasteiger partial charge is 0.282 e. The highest BCUT2D eigenvalue weighted by Crippen LogP contribution is 2.39. The number of hydrogen-bond acceptors (Lipinski definition) is 5. The fraction of sp³-hybridized carbons (Fsp3) is 0.360. The molecular formula is C25H27FN2O4. The Hall–Kier alpha value is -3.19. The van der Waals surface area contributed by atoms with E-state index < -0.39 is 17.6 Å². The number of carbonyl (C=O) groups is 2. The average Bonchev–Trinajstić information content (AvgIpc) is 3.08. The van der Waals surface area contributed by atoms with Gasteiger partial charge in [0.25, 0.3) is 11.8 Å². The van der Waals surface area contributed by atoms with Crippen molar-refractivity contribution in [2.45, 2.75) is 26.2 Å². The second kappa shape index (κ2) is 9.53. The van der Waals surface area contributed by atoms with E-state index >= 15 is 0 Å². The highest BCUT2D eigenvalue weighted by atomic mass is 19.1. The van der Waals surface area contributed by atoms with Crippen molar-refractivity contribution in [1.82, 2.24) is 4.90 Å². The number of aliphatic hydroxyl groups excluding tert-OH is 1. The Morgan fingerprint density at radius 3 is 2.56 bits per heavy atom. The van der Waals surface area contributed by atoms with Crippen LogP contribution in [-0.2, 0) is 9.59 Å². The van der Waals surface area contributed by atoms with Crippen molar-refractivity contribution in [1.29, 1.82) is 0 Å². The predicted molar refractivity (Wildman–Crippen MR) is 119 cm³/mol. The number of benzene rings is 2. The summed E-state index contributed by atoms with van der Waals surface area (Å²) < 4.78 is 19.4. The van der Waals surface area contributed by atoms with Crippen molar-refractivity contribution in [3.8, 4) is 5.75 Å². The number of aliphatic hydroxyl groups is 1. The van der Waals surface area contributed by atoms with Gasteiger partial charge in [0.15, 0.2) is 0 Å². The number of piperidine rings is 1. The number of imide groups is 1. The molecule has 7 heteroatoms. The minimum absolute atomic E-state index is 0.0230. The molecule has 1 N–H and O–H groups in total. The Bertz CT molecular complexity index is 1030. The van der Waals surface area contributed by atoms with Gasteiger partial charge in [-0.15, -0.1) is 0 Å². The van der Waals surface area contributed by atoms with Gasteiger partial charge in [0.1, 0.15) is 17.3 Å². The molecule has 0 spiro atoms. The van der Waals surface area contributed by atoms with Crippen molar-refractivity contribution in [3.05, 3.63) is 65.6 Å². The standard InChI is InChI=1S/C25H27FN2O4/c1-2-14-32-21-8-4-3-7-20(21)28-24(30)22(18-9-11-19(26)12-10-18)23(25(28)31)27-13-5-6-17(15-27)16-29/h3-4,7-12,17,29H,2,5-6,13-16H2,1H3. The number of ether oxygens (including phenoxy) is 1. The molecule has 0 radical (unpaired) electrons. The number of nitrogens with zero attached hydrogens (tertiary/aromatic N) is 2. The van der Waals surface area contributed by atoms with E-state index in [0.29, 0.717) is 42.4 Å². The van der Waals surface area contributed by atoms with Crippen molar-refractivity contribution in [2.75, 3.05) is 31.2 Å². The van der Waals surface area contributed by atoms with Crippen LogP contribution in [0.3, 0.4) is 0 Å². The molecule has 1 atom stereocenters. The topological polar surface area (TPSA) is 70.1 Å². The third-order valence-electron chi connectivity index (χ3n) is 5.85. The summed E-state index contributed by atoms with van der Waals surface area (Å²) in [6.45, 7) is 3.56. The predicted octanol–water partition coefficient (Wildman–Crippen LogP) is 3.60. The molecule has 1 fully saturated rings. The van der Waals surface area contributed by atoms with Crippen LogP contribution in [0.1, 0.15) is 31.7 Å².